The van der Waals surface area contributed by atoms with Gasteiger partial charge < -0.3 is 5.43 Å². The normalized spacial score (nSPS) is 10.3. The average molecular weight is 150 g/mol. The van der Waals surface area contributed by atoms with Crippen LogP contribution in [0.25, 0.3) is 11.2 Å². The summed E-state index contributed by atoms with van der Waals surface area (Å²) in [4.78, 5) is 9.27. The van der Waals surface area contributed by atoms with Crippen molar-refractivity contribution in [1.29, 1.82) is 0 Å². The Morgan fingerprint density at radius 1 is 1.55 bits per heavy atom. The molecule has 0 saturated heterocycles. The lowest BCUT2D eigenvalue weighted by atomic mass is 10.6. The van der Waals surface area contributed by atoms with Gasteiger partial charge in [0.25, 0.3) is 0 Å². The molecule has 0 spiro atoms. The van der Waals surface area contributed by atoms with E-state index in [9.17, 15) is 0 Å². The number of nitrogens with zero attached hydrogens (tertiary/aromatic N) is 5. The number of hydrogen-bond acceptors (Lipinski definition) is 5. The monoisotopic (exact) mass is 150 g/mol. The third kappa shape index (κ3) is 0.794. The van der Waals surface area contributed by atoms with E-state index in [0.717, 1.165) is 0 Å². The van der Waals surface area contributed by atoms with Crippen LogP contribution in [-0.4, -0.2) is 32.1 Å². The van der Waals surface area contributed by atoms with Crippen LogP contribution < -0.4 is 5.43 Å². The summed E-state index contributed by atoms with van der Waals surface area (Å²) in [6.07, 6.45) is 3.07. The molecule has 0 aliphatic heterocycles. The van der Waals surface area contributed by atoms with Gasteiger partial charge in [0.15, 0.2) is 5.52 Å². The van der Waals surface area contributed by atoms with Crippen LogP contribution in [0.1, 0.15) is 0 Å². The van der Waals surface area contributed by atoms with E-state index in [1.807, 2.05) is 0 Å². The largest absolute Gasteiger partial charge is 0.310 e. The van der Waals surface area contributed by atoms with E-state index in [2.05, 4.69) is 25.7 Å². The molecule has 0 aliphatic rings. The minimum atomic E-state index is 0.682. The molecule has 0 bridgehead atoms. The number of fused-ring (bicyclic) bond motifs is 1. The second kappa shape index (κ2) is 2.15. The molecule has 2 rings (SSSR count). The Morgan fingerprint density at radius 3 is 3.27 bits per heavy atom. The van der Waals surface area contributed by atoms with Crippen molar-refractivity contribution in [2.75, 3.05) is 12.5 Å². The average Bonchev–Trinajstić information content (AvgIpc) is 2.47. The topological polar surface area (TPSA) is 68.5 Å². The molecule has 2 heterocycles. The molecule has 0 fully saturated rings. The molecule has 0 radical (unpaired) electrons. The summed E-state index contributed by atoms with van der Waals surface area (Å²) in [5.74, 6) is 0. The van der Waals surface area contributed by atoms with Crippen LogP contribution in [0.4, 0.5) is 0 Å². The molecule has 0 saturated carbocycles. The summed E-state index contributed by atoms with van der Waals surface area (Å²) in [5.41, 5.74) is 4.17. The number of aromatic nitrogens is 5. The molecule has 1 N–H and O–H groups in total. The van der Waals surface area contributed by atoms with Crippen LogP contribution in [0.2, 0.25) is 0 Å². The third-order valence-corrected chi connectivity index (χ3v) is 1.33. The predicted octanol–water partition coefficient (Wildman–Crippen LogP) is -0.605. The number of nitrogens with one attached hydrogen (secondary N) is 1. The smallest absolute Gasteiger partial charge is 0.204 e. The highest BCUT2D eigenvalue weighted by Gasteiger charge is 2.01. The van der Waals surface area contributed by atoms with Crippen LogP contribution in [0.5, 0.6) is 0 Å². The van der Waals surface area contributed by atoms with Gasteiger partial charge >= 0.3 is 0 Å². The lowest BCUT2D eigenvalue weighted by Gasteiger charge is -1.95. The highest BCUT2D eigenvalue weighted by molar-refractivity contribution is 5.67. The predicted molar refractivity (Wildman–Crippen MR) is 38.4 cm³/mol. The van der Waals surface area contributed by atoms with Gasteiger partial charge in [-0.2, -0.15) is 0 Å². The van der Waals surface area contributed by atoms with Crippen molar-refractivity contribution in [1.82, 2.24) is 25.1 Å². The van der Waals surface area contributed by atoms with Gasteiger partial charge in [-0.15, -0.1) is 9.89 Å². The maximum atomic E-state index is 3.98. The number of hydrogen-bond donors (Lipinski definition) is 1. The summed E-state index contributed by atoms with van der Waals surface area (Å²) in [7, 11) is 1.75. The van der Waals surface area contributed by atoms with Gasteiger partial charge in [0.1, 0.15) is 6.33 Å². The molecule has 0 amide bonds. The van der Waals surface area contributed by atoms with Gasteiger partial charge in [0, 0.05) is 7.05 Å². The van der Waals surface area contributed by atoms with Crippen LogP contribution in [0.3, 0.4) is 0 Å². The first kappa shape index (κ1) is 6.02. The summed E-state index contributed by atoms with van der Waals surface area (Å²) in [6.45, 7) is 0. The Hall–Kier alpha value is -1.72. The fourth-order valence-electron chi connectivity index (χ4n) is 0.835. The van der Waals surface area contributed by atoms with E-state index in [1.165, 1.54) is 11.1 Å². The summed E-state index contributed by atoms with van der Waals surface area (Å²) >= 11 is 0. The molecular weight excluding hydrogens is 144 g/mol. The Labute approximate surface area is 62.2 Å². The lowest BCUT2D eigenvalue weighted by molar-refractivity contribution is 0.742. The molecule has 0 aromatic carbocycles. The minimum Gasteiger partial charge on any atom is -0.310 e. The molecule has 11 heavy (non-hydrogen) atoms. The molecule has 0 unspecified atom stereocenters. The lowest BCUT2D eigenvalue weighted by Crippen LogP contribution is -2.10. The van der Waals surface area contributed by atoms with Gasteiger partial charge in [-0.1, -0.05) is 0 Å². The molecule has 2 aromatic heterocycles. The molecule has 56 valence electrons. The Morgan fingerprint density at radius 2 is 2.45 bits per heavy atom. The van der Waals surface area contributed by atoms with E-state index in [-0.39, 0.29) is 0 Å². The SMILES string of the molecule is CNn1nnc2cncnc21. The van der Waals surface area contributed by atoms with Crippen LogP contribution in [-0.2, 0) is 0 Å². The zero-order valence-corrected chi connectivity index (χ0v) is 5.89. The quantitative estimate of drug-likeness (QED) is 0.587. The first-order valence-corrected chi connectivity index (χ1v) is 3.11. The van der Waals surface area contributed by atoms with Crippen molar-refractivity contribution in [3.05, 3.63) is 12.5 Å². The Balaban J connectivity index is 2.76. The van der Waals surface area contributed by atoms with Gasteiger partial charge in [-0.3, -0.25) is 0 Å². The fourth-order valence-corrected chi connectivity index (χ4v) is 0.835. The van der Waals surface area contributed by atoms with Gasteiger partial charge in [0.2, 0.25) is 5.65 Å². The zero-order chi connectivity index (χ0) is 7.68. The van der Waals surface area contributed by atoms with Crippen molar-refractivity contribution in [2.24, 2.45) is 0 Å². The standard InChI is InChI=1S/C5H6N6/c1-6-11-5-4(9-10-11)2-7-3-8-5/h2-3,6H,1H3. The van der Waals surface area contributed by atoms with Crippen molar-refractivity contribution in [3.63, 3.8) is 0 Å². The molecular formula is C5H6N6. The maximum Gasteiger partial charge on any atom is 0.204 e. The summed E-state index contributed by atoms with van der Waals surface area (Å²) in [6, 6.07) is 0. The Bertz CT molecular complexity index is 366. The zero-order valence-electron chi connectivity index (χ0n) is 5.89. The molecule has 6 nitrogen and oxygen atoms in total. The highest BCUT2D eigenvalue weighted by atomic mass is 15.6. The van der Waals surface area contributed by atoms with Crippen LogP contribution in [0, 0.1) is 0 Å². The van der Waals surface area contributed by atoms with Crippen LogP contribution >= 0.6 is 0 Å². The molecule has 0 atom stereocenters. The summed E-state index contributed by atoms with van der Waals surface area (Å²) in [5, 5.41) is 7.58. The maximum absolute atomic E-state index is 3.98. The summed E-state index contributed by atoms with van der Waals surface area (Å²) < 4.78 is 0. The van der Waals surface area contributed by atoms with Gasteiger partial charge in [-0.25, -0.2) is 9.97 Å². The first-order chi connectivity index (χ1) is 5.42. The van der Waals surface area contributed by atoms with E-state index >= 15 is 0 Å². The van der Waals surface area contributed by atoms with E-state index < -0.39 is 0 Å². The first-order valence-electron chi connectivity index (χ1n) is 3.11. The second-order valence-corrected chi connectivity index (χ2v) is 1.96. The van der Waals surface area contributed by atoms with E-state index in [0.29, 0.717) is 11.2 Å². The Kier molecular flexibility index (Phi) is 1.18. The fraction of sp³-hybridized carbons (Fsp3) is 0.200. The second-order valence-electron chi connectivity index (χ2n) is 1.96. The van der Waals surface area contributed by atoms with Crippen molar-refractivity contribution < 1.29 is 0 Å². The molecule has 6 heteroatoms. The minimum absolute atomic E-state index is 0.682. The van der Waals surface area contributed by atoms with Crippen molar-refractivity contribution in [2.45, 2.75) is 0 Å². The number of rotatable bonds is 1. The van der Waals surface area contributed by atoms with Gasteiger partial charge in [-0.05, 0) is 5.21 Å². The van der Waals surface area contributed by atoms with Crippen molar-refractivity contribution in [3.8, 4) is 0 Å². The van der Waals surface area contributed by atoms with E-state index in [1.54, 1.807) is 13.2 Å². The molecule has 0 aliphatic carbocycles. The van der Waals surface area contributed by atoms with E-state index in [4.69, 9.17) is 0 Å². The van der Waals surface area contributed by atoms with Gasteiger partial charge in [0.05, 0.1) is 6.20 Å². The van der Waals surface area contributed by atoms with Crippen molar-refractivity contribution >= 4 is 11.2 Å². The van der Waals surface area contributed by atoms with Crippen LogP contribution in [0.15, 0.2) is 12.5 Å². The third-order valence-electron chi connectivity index (χ3n) is 1.33. The molecule has 2 aromatic rings. The highest BCUT2D eigenvalue weighted by Crippen LogP contribution is 2.00.